The highest BCUT2D eigenvalue weighted by Crippen LogP contribution is 2.41. The smallest absolute Gasteiger partial charge is 0.408 e. The third kappa shape index (κ3) is 8.39. The SMILES string of the molecule is COC(=O)[C@H](Cc1ccc(-c2ccnc(C)c2C)cc1)NC(=O)[C@@H]1Cc2cc3c(cc2CN1C(=O)O)O[C@@H](c1cccc(OCc2ccc(Cl)c(Cl)c2)c1)CO3. The summed E-state index contributed by atoms with van der Waals surface area (Å²) in [4.78, 5) is 44.7. The van der Waals surface area contributed by atoms with Crippen LogP contribution in [0, 0.1) is 13.8 Å². The highest BCUT2D eigenvalue weighted by molar-refractivity contribution is 6.42. The minimum atomic E-state index is -1.27. The first-order valence-corrected chi connectivity index (χ1v) is 18.7. The van der Waals surface area contributed by atoms with Crippen molar-refractivity contribution in [1.29, 1.82) is 0 Å². The zero-order valence-electron chi connectivity index (χ0n) is 30.9. The van der Waals surface area contributed by atoms with Crippen LogP contribution < -0.4 is 19.5 Å². The van der Waals surface area contributed by atoms with Gasteiger partial charge in [0.15, 0.2) is 17.6 Å². The van der Waals surface area contributed by atoms with Gasteiger partial charge in [0.1, 0.15) is 31.0 Å². The number of fused-ring (bicyclic) bond motifs is 2. The molecule has 3 atom stereocenters. The van der Waals surface area contributed by atoms with E-state index in [1.54, 1.807) is 30.5 Å². The van der Waals surface area contributed by atoms with Crippen molar-refractivity contribution in [1.82, 2.24) is 15.2 Å². The number of rotatable bonds is 10. The molecule has 0 aliphatic carbocycles. The fraction of sp³-hybridized carbons (Fsp3) is 0.256. The molecule has 56 heavy (non-hydrogen) atoms. The van der Waals surface area contributed by atoms with Crippen LogP contribution in [-0.4, -0.2) is 58.8 Å². The van der Waals surface area contributed by atoms with Crippen molar-refractivity contribution in [2.45, 2.75) is 58.0 Å². The van der Waals surface area contributed by atoms with E-state index in [1.165, 1.54) is 7.11 Å². The molecule has 0 saturated carbocycles. The van der Waals surface area contributed by atoms with E-state index in [-0.39, 0.29) is 26.0 Å². The fourth-order valence-corrected chi connectivity index (χ4v) is 7.28. The zero-order valence-corrected chi connectivity index (χ0v) is 32.4. The lowest BCUT2D eigenvalue weighted by Gasteiger charge is -2.36. The number of halogens is 2. The molecule has 4 aromatic carbocycles. The van der Waals surface area contributed by atoms with E-state index in [9.17, 15) is 19.5 Å². The Balaban J connectivity index is 1.03. The van der Waals surface area contributed by atoms with Gasteiger partial charge in [-0.05, 0) is 101 Å². The number of carbonyl (C=O) groups excluding carboxylic acids is 2. The highest BCUT2D eigenvalue weighted by atomic mass is 35.5. The number of benzene rings is 4. The second kappa shape index (κ2) is 16.5. The van der Waals surface area contributed by atoms with Gasteiger partial charge in [0.25, 0.3) is 0 Å². The molecule has 13 heteroatoms. The van der Waals surface area contributed by atoms with Crippen molar-refractivity contribution in [3.05, 3.63) is 140 Å². The predicted octanol–water partition coefficient (Wildman–Crippen LogP) is 8.07. The number of pyridine rings is 1. The number of nitrogens with zero attached hydrogens (tertiary/aromatic N) is 2. The van der Waals surface area contributed by atoms with Crippen LogP contribution >= 0.6 is 23.2 Å². The summed E-state index contributed by atoms with van der Waals surface area (Å²) >= 11 is 12.2. The molecule has 0 radical (unpaired) electrons. The highest BCUT2D eigenvalue weighted by Gasteiger charge is 2.38. The molecule has 3 heterocycles. The van der Waals surface area contributed by atoms with Crippen LogP contribution in [0.3, 0.4) is 0 Å². The van der Waals surface area contributed by atoms with Gasteiger partial charge in [-0.25, -0.2) is 9.59 Å². The van der Waals surface area contributed by atoms with Crippen LogP contribution in [0.25, 0.3) is 11.1 Å². The minimum absolute atomic E-state index is 0.0685. The second-order valence-corrected chi connectivity index (χ2v) is 14.6. The van der Waals surface area contributed by atoms with Gasteiger partial charge in [0.2, 0.25) is 5.91 Å². The number of esters is 1. The second-order valence-electron chi connectivity index (χ2n) is 13.8. The first-order chi connectivity index (χ1) is 27.0. The topological polar surface area (TPSA) is 137 Å². The third-order valence-electron chi connectivity index (χ3n) is 10.2. The maximum absolute atomic E-state index is 13.8. The Morgan fingerprint density at radius 2 is 1.71 bits per heavy atom. The Kier molecular flexibility index (Phi) is 11.4. The molecule has 0 unspecified atom stereocenters. The molecule has 2 amide bonds. The van der Waals surface area contributed by atoms with Gasteiger partial charge in [0.05, 0.1) is 23.7 Å². The quantitative estimate of drug-likeness (QED) is 0.135. The van der Waals surface area contributed by atoms with Crippen LogP contribution in [0.5, 0.6) is 17.2 Å². The lowest BCUT2D eigenvalue weighted by molar-refractivity contribution is -0.145. The van der Waals surface area contributed by atoms with Gasteiger partial charge in [-0.1, -0.05) is 65.7 Å². The zero-order chi connectivity index (χ0) is 39.5. The molecule has 2 aliphatic rings. The van der Waals surface area contributed by atoms with Gasteiger partial charge < -0.3 is 29.4 Å². The van der Waals surface area contributed by atoms with Gasteiger partial charge in [-0.15, -0.1) is 0 Å². The summed E-state index contributed by atoms with van der Waals surface area (Å²) in [5.41, 5.74) is 7.99. The average molecular weight is 797 g/mol. The van der Waals surface area contributed by atoms with E-state index in [4.69, 9.17) is 42.1 Å². The van der Waals surface area contributed by atoms with Crippen LogP contribution in [0.4, 0.5) is 4.79 Å². The van der Waals surface area contributed by atoms with Crippen molar-refractivity contribution in [2.24, 2.45) is 0 Å². The largest absolute Gasteiger partial charge is 0.489 e. The molecule has 5 aromatic rings. The number of carbonyl (C=O) groups is 3. The Labute approximate surface area is 334 Å². The Hall–Kier alpha value is -5.78. The van der Waals surface area contributed by atoms with Crippen molar-refractivity contribution >= 4 is 41.2 Å². The normalized spacial score (nSPS) is 16.3. The van der Waals surface area contributed by atoms with Crippen molar-refractivity contribution in [3.8, 4) is 28.4 Å². The monoisotopic (exact) mass is 795 g/mol. The summed E-state index contributed by atoms with van der Waals surface area (Å²) in [6.07, 6.45) is 0.258. The van der Waals surface area contributed by atoms with E-state index >= 15 is 0 Å². The molecule has 0 saturated heterocycles. The summed E-state index contributed by atoms with van der Waals surface area (Å²) < 4.78 is 23.6. The standard InChI is InChI=1S/C43H39Cl2N3O8/c1-24-25(2)46-14-13-33(24)28-10-7-26(8-11-28)16-36(42(50)53-3)47-41(49)37-18-30-19-38-39(20-31(30)21-48(37)43(51)52)56-40(23-55-38)29-5-4-6-32(17-29)54-22-27-9-12-34(44)35(45)15-27/h4-15,17,19-20,36-37,40H,16,18,21-23H2,1-3H3,(H,47,49)(H,51,52)/t36-,37-,40+/m0/s1. The van der Waals surface area contributed by atoms with Gasteiger partial charge in [0, 0.05) is 24.7 Å². The molecule has 2 aliphatic heterocycles. The minimum Gasteiger partial charge on any atom is -0.489 e. The first-order valence-electron chi connectivity index (χ1n) is 18.0. The van der Waals surface area contributed by atoms with E-state index in [0.717, 1.165) is 49.5 Å². The maximum atomic E-state index is 13.8. The van der Waals surface area contributed by atoms with Crippen LogP contribution in [0.2, 0.25) is 10.0 Å². The number of carboxylic acid groups (broad SMARTS) is 1. The Morgan fingerprint density at radius 1 is 0.946 bits per heavy atom. The van der Waals surface area contributed by atoms with Gasteiger partial charge in [-0.3, -0.25) is 14.7 Å². The summed E-state index contributed by atoms with van der Waals surface area (Å²) in [6, 6.07) is 23.9. The van der Waals surface area contributed by atoms with E-state index in [1.807, 2.05) is 74.5 Å². The number of aromatic nitrogens is 1. The third-order valence-corrected chi connectivity index (χ3v) is 10.9. The van der Waals surface area contributed by atoms with Crippen molar-refractivity contribution in [3.63, 3.8) is 0 Å². The first kappa shape index (κ1) is 38.5. The molecule has 1 aromatic heterocycles. The molecule has 288 valence electrons. The summed E-state index contributed by atoms with van der Waals surface area (Å²) in [6.45, 7) is 4.42. The summed E-state index contributed by atoms with van der Waals surface area (Å²) in [5, 5.41) is 13.9. The number of ether oxygens (including phenoxy) is 4. The number of hydrogen-bond acceptors (Lipinski definition) is 8. The van der Waals surface area contributed by atoms with Gasteiger partial charge in [-0.2, -0.15) is 0 Å². The lowest BCUT2D eigenvalue weighted by Crippen LogP contribution is -2.55. The number of methoxy groups -OCH3 is 1. The number of hydrogen-bond donors (Lipinski definition) is 2. The lowest BCUT2D eigenvalue weighted by atomic mass is 9.92. The van der Waals surface area contributed by atoms with Crippen molar-refractivity contribution < 1.29 is 38.4 Å². The molecule has 0 spiro atoms. The average Bonchev–Trinajstić information content (AvgIpc) is 3.20. The summed E-state index contributed by atoms with van der Waals surface area (Å²) in [7, 11) is 1.25. The number of amides is 2. The predicted molar refractivity (Wildman–Crippen MR) is 210 cm³/mol. The molecule has 0 fully saturated rings. The number of aryl methyl sites for hydroxylation is 1. The van der Waals surface area contributed by atoms with E-state index in [2.05, 4.69) is 10.3 Å². The summed E-state index contributed by atoms with van der Waals surface area (Å²) in [5.74, 6) is 0.334. The molecule has 0 bridgehead atoms. The van der Waals surface area contributed by atoms with Crippen LogP contribution in [-0.2, 0) is 40.3 Å². The van der Waals surface area contributed by atoms with Gasteiger partial charge >= 0.3 is 12.1 Å². The van der Waals surface area contributed by atoms with Crippen LogP contribution in [0.1, 0.15) is 45.2 Å². The molecular weight excluding hydrogens is 757 g/mol. The fourth-order valence-electron chi connectivity index (χ4n) is 6.96. The number of nitrogens with one attached hydrogen (secondary N) is 1. The molecule has 2 N–H and O–H groups in total. The maximum Gasteiger partial charge on any atom is 0.408 e. The molecular formula is C43H39Cl2N3O8. The molecule has 7 rings (SSSR count). The Morgan fingerprint density at radius 3 is 2.46 bits per heavy atom. The molecule has 11 nitrogen and oxygen atoms in total. The van der Waals surface area contributed by atoms with E-state index < -0.39 is 36.2 Å². The van der Waals surface area contributed by atoms with Crippen LogP contribution in [0.15, 0.2) is 91.1 Å². The van der Waals surface area contributed by atoms with E-state index in [0.29, 0.717) is 39.5 Å². The Bertz CT molecular complexity index is 2300. The van der Waals surface area contributed by atoms with Crippen molar-refractivity contribution in [2.75, 3.05) is 13.7 Å².